The number of benzene rings is 2. The van der Waals surface area contributed by atoms with E-state index in [1.807, 2.05) is 13.8 Å². The molecule has 156 valence electrons. The van der Waals surface area contributed by atoms with Gasteiger partial charge in [0, 0.05) is 28.2 Å². The molecule has 0 aromatic heterocycles. The highest BCUT2D eigenvalue weighted by Crippen LogP contribution is 2.27. The van der Waals surface area contributed by atoms with Gasteiger partial charge in [-0.05, 0) is 50.6 Å². The number of rotatable bonds is 7. The van der Waals surface area contributed by atoms with Gasteiger partial charge >= 0.3 is 0 Å². The maximum atomic E-state index is 13.2. The van der Waals surface area contributed by atoms with E-state index in [4.69, 9.17) is 46.4 Å². The SMILES string of the molecule is CC(C)NC(=O)[C@@H](C)N(Cc1c(Cl)cccc1Cl)C(=O)Cc1ccc(Cl)c(Cl)c1. The summed E-state index contributed by atoms with van der Waals surface area (Å²) in [5, 5.41) is 4.47. The first-order valence-electron chi connectivity index (χ1n) is 9.06. The Kier molecular flexibility index (Phi) is 8.65. The van der Waals surface area contributed by atoms with Gasteiger partial charge in [0.1, 0.15) is 6.04 Å². The van der Waals surface area contributed by atoms with E-state index in [1.165, 1.54) is 4.90 Å². The van der Waals surface area contributed by atoms with E-state index in [0.29, 0.717) is 31.2 Å². The van der Waals surface area contributed by atoms with Gasteiger partial charge in [-0.25, -0.2) is 0 Å². The Labute approximate surface area is 191 Å². The molecule has 2 rings (SSSR count). The van der Waals surface area contributed by atoms with Crippen molar-refractivity contribution in [1.82, 2.24) is 10.2 Å². The zero-order valence-electron chi connectivity index (χ0n) is 16.3. The summed E-state index contributed by atoms with van der Waals surface area (Å²) in [7, 11) is 0. The van der Waals surface area contributed by atoms with Crippen LogP contribution < -0.4 is 5.32 Å². The van der Waals surface area contributed by atoms with Crippen molar-refractivity contribution in [1.29, 1.82) is 0 Å². The van der Waals surface area contributed by atoms with Crippen LogP contribution in [0.4, 0.5) is 0 Å². The van der Waals surface area contributed by atoms with Gasteiger partial charge in [0.05, 0.1) is 16.5 Å². The molecule has 2 amide bonds. The number of amides is 2. The molecule has 8 heteroatoms. The molecule has 0 heterocycles. The van der Waals surface area contributed by atoms with Gasteiger partial charge in [-0.3, -0.25) is 9.59 Å². The Morgan fingerprint density at radius 2 is 1.55 bits per heavy atom. The average molecular weight is 476 g/mol. The number of carbonyl (C=O) groups is 2. The topological polar surface area (TPSA) is 49.4 Å². The van der Waals surface area contributed by atoms with Gasteiger partial charge in [-0.15, -0.1) is 0 Å². The van der Waals surface area contributed by atoms with Crippen LogP contribution in [0.25, 0.3) is 0 Å². The van der Waals surface area contributed by atoms with E-state index < -0.39 is 6.04 Å². The van der Waals surface area contributed by atoms with Crippen molar-refractivity contribution in [2.24, 2.45) is 0 Å². The summed E-state index contributed by atoms with van der Waals surface area (Å²) in [6.07, 6.45) is 0.0538. The lowest BCUT2D eigenvalue weighted by Gasteiger charge is -2.30. The Morgan fingerprint density at radius 1 is 0.931 bits per heavy atom. The molecular formula is C21H22Cl4N2O2. The Balaban J connectivity index is 2.33. The molecule has 0 fully saturated rings. The minimum atomic E-state index is -0.722. The lowest BCUT2D eigenvalue weighted by Crippen LogP contribution is -2.49. The number of nitrogens with one attached hydrogen (secondary N) is 1. The van der Waals surface area contributed by atoms with Gasteiger partial charge in [0.15, 0.2) is 0 Å². The first-order chi connectivity index (χ1) is 13.6. The summed E-state index contributed by atoms with van der Waals surface area (Å²) in [5.41, 5.74) is 1.28. The predicted octanol–water partition coefficient (Wildman–Crippen LogP) is 5.78. The van der Waals surface area contributed by atoms with Crippen LogP contribution in [0.2, 0.25) is 20.1 Å². The van der Waals surface area contributed by atoms with Gasteiger partial charge in [0.2, 0.25) is 11.8 Å². The summed E-state index contributed by atoms with van der Waals surface area (Å²) in [4.78, 5) is 27.2. The molecule has 2 aromatic rings. The molecule has 0 bridgehead atoms. The van der Waals surface area contributed by atoms with Gasteiger partial charge in [-0.2, -0.15) is 0 Å². The number of nitrogens with zero attached hydrogens (tertiary/aromatic N) is 1. The van der Waals surface area contributed by atoms with Crippen molar-refractivity contribution in [3.8, 4) is 0 Å². The first kappa shape index (κ1) is 23.8. The largest absolute Gasteiger partial charge is 0.352 e. The third kappa shape index (κ3) is 6.51. The quantitative estimate of drug-likeness (QED) is 0.551. The fourth-order valence-corrected chi connectivity index (χ4v) is 3.60. The van der Waals surface area contributed by atoms with Crippen LogP contribution in [0.15, 0.2) is 36.4 Å². The molecule has 1 N–H and O–H groups in total. The molecular weight excluding hydrogens is 454 g/mol. The van der Waals surface area contributed by atoms with Crippen LogP contribution in [0.5, 0.6) is 0 Å². The van der Waals surface area contributed by atoms with Crippen LogP contribution in [-0.4, -0.2) is 28.8 Å². The van der Waals surface area contributed by atoms with Crippen molar-refractivity contribution in [2.45, 2.75) is 45.8 Å². The van der Waals surface area contributed by atoms with Crippen molar-refractivity contribution < 1.29 is 9.59 Å². The first-order valence-corrected chi connectivity index (χ1v) is 10.6. The van der Waals surface area contributed by atoms with Crippen LogP contribution >= 0.6 is 46.4 Å². The summed E-state index contributed by atoms with van der Waals surface area (Å²) in [5.74, 6) is -0.517. The molecule has 0 aliphatic rings. The second-order valence-corrected chi connectivity index (χ2v) is 8.62. The minimum Gasteiger partial charge on any atom is -0.352 e. The van der Waals surface area contributed by atoms with Crippen LogP contribution in [-0.2, 0) is 22.6 Å². The highest BCUT2D eigenvalue weighted by Gasteiger charge is 2.28. The van der Waals surface area contributed by atoms with E-state index in [0.717, 1.165) is 0 Å². The lowest BCUT2D eigenvalue weighted by molar-refractivity contribution is -0.140. The maximum absolute atomic E-state index is 13.2. The summed E-state index contributed by atoms with van der Waals surface area (Å²) in [6.45, 7) is 5.50. The molecule has 4 nitrogen and oxygen atoms in total. The molecule has 0 aliphatic heterocycles. The maximum Gasteiger partial charge on any atom is 0.242 e. The fraction of sp³-hybridized carbons (Fsp3) is 0.333. The van der Waals surface area contributed by atoms with Gasteiger partial charge in [-0.1, -0.05) is 58.5 Å². The van der Waals surface area contributed by atoms with E-state index in [1.54, 1.807) is 43.3 Å². The summed E-state index contributed by atoms with van der Waals surface area (Å²) >= 11 is 24.6. The normalized spacial score (nSPS) is 12.0. The highest BCUT2D eigenvalue weighted by molar-refractivity contribution is 6.42. The molecule has 2 aromatic carbocycles. The molecule has 1 atom stereocenters. The fourth-order valence-electron chi connectivity index (χ4n) is 2.77. The number of hydrogen-bond donors (Lipinski definition) is 1. The van der Waals surface area contributed by atoms with E-state index in [-0.39, 0.29) is 30.8 Å². The second-order valence-electron chi connectivity index (χ2n) is 6.99. The van der Waals surface area contributed by atoms with Gasteiger partial charge < -0.3 is 10.2 Å². The second kappa shape index (κ2) is 10.5. The zero-order valence-corrected chi connectivity index (χ0v) is 19.3. The van der Waals surface area contributed by atoms with Crippen molar-refractivity contribution in [3.63, 3.8) is 0 Å². The van der Waals surface area contributed by atoms with E-state index >= 15 is 0 Å². The number of halogens is 4. The third-order valence-electron chi connectivity index (χ3n) is 4.33. The van der Waals surface area contributed by atoms with Crippen LogP contribution in [0, 0.1) is 0 Å². The number of hydrogen-bond acceptors (Lipinski definition) is 2. The Morgan fingerprint density at radius 3 is 2.10 bits per heavy atom. The van der Waals surface area contributed by atoms with E-state index in [2.05, 4.69) is 5.32 Å². The number of carbonyl (C=O) groups excluding carboxylic acids is 2. The standard InChI is InChI=1S/C21H22Cl4N2O2/c1-12(2)26-21(29)13(3)27(11-15-16(22)5-4-6-17(15)23)20(28)10-14-7-8-18(24)19(25)9-14/h4-9,12-13H,10-11H2,1-3H3,(H,26,29)/t13-/m1/s1. The lowest BCUT2D eigenvalue weighted by atomic mass is 10.1. The summed E-state index contributed by atoms with van der Waals surface area (Å²) in [6, 6.07) is 9.35. The van der Waals surface area contributed by atoms with E-state index in [9.17, 15) is 9.59 Å². The van der Waals surface area contributed by atoms with Crippen LogP contribution in [0.1, 0.15) is 31.9 Å². The van der Waals surface area contributed by atoms with Crippen molar-refractivity contribution in [3.05, 3.63) is 67.6 Å². The minimum absolute atomic E-state index is 0.0538. The smallest absolute Gasteiger partial charge is 0.242 e. The molecule has 0 saturated heterocycles. The monoisotopic (exact) mass is 474 g/mol. The van der Waals surface area contributed by atoms with Crippen LogP contribution in [0.3, 0.4) is 0 Å². The zero-order chi connectivity index (χ0) is 21.7. The molecule has 0 saturated carbocycles. The predicted molar refractivity (Wildman–Crippen MR) is 120 cm³/mol. The van der Waals surface area contributed by atoms with Crippen molar-refractivity contribution in [2.75, 3.05) is 0 Å². The highest BCUT2D eigenvalue weighted by atomic mass is 35.5. The molecule has 0 unspecified atom stereocenters. The average Bonchev–Trinajstić information content (AvgIpc) is 2.63. The Hall–Kier alpha value is -1.46. The third-order valence-corrected chi connectivity index (χ3v) is 5.77. The molecule has 0 spiro atoms. The molecule has 0 radical (unpaired) electrons. The molecule has 0 aliphatic carbocycles. The molecule has 29 heavy (non-hydrogen) atoms. The Bertz CT molecular complexity index is 882. The van der Waals surface area contributed by atoms with Gasteiger partial charge in [0.25, 0.3) is 0 Å². The summed E-state index contributed by atoms with van der Waals surface area (Å²) < 4.78 is 0. The van der Waals surface area contributed by atoms with Crippen molar-refractivity contribution >= 4 is 58.2 Å².